The van der Waals surface area contributed by atoms with Gasteiger partial charge in [-0.15, -0.1) is 0 Å². The molecule has 3 rings (SSSR count). The number of benzene rings is 2. The summed E-state index contributed by atoms with van der Waals surface area (Å²) < 4.78 is 13.3. The lowest BCUT2D eigenvalue weighted by Gasteiger charge is -2.09. The predicted molar refractivity (Wildman–Crippen MR) is 78.8 cm³/mol. The van der Waals surface area contributed by atoms with Crippen LogP contribution in [0.25, 0.3) is 22.2 Å². The van der Waals surface area contributed by atoms with E-state index < -0.39 is 11.8 Å². The van der Waals surface area contributed by atoms with Crippen molar-refractivity contribution < 1.29 is 14.3 Å². The van der Waals surface area contributed by atoms with Crippen molar-refractivity contribution in [3.05, 3.63) is 65.5 Å². The second-order valence-corrected chi connectivity index (χ2v) is 4.84. The van der Waals surface area contributed by atoms with Gasteiger partial charge in [0.2, 0.25) is 0 Å². The van der Waals surface area contributed by atoms with Crippen LogP contribution in [0.3, 0.4) is 0 Å². The molecule has 0 saturated heterocycles. The van der Waals surface area contributed by atoms with Crippen LogP contribution in [-0.2, 0) is 0 Å². The van der Waals surface area contributed by atoms with E-state index in [1.54, 1.807) is 0 Å². The standard InChI is InChI=1S/C17H12FNO2/c1-10-4-2-3-5-12(10)16-9-14(17(20)21)13-8-11(18)6-7-15(13)19-16/h2-9H,1H3,(H,20,21). The highest BCUT2D eigenvalue weighted by Gasteiger charge is 2.14. The van der Waals surface area contributed by atoms with Gasteiger partial charge in [0.15, 0.2) is 0 Å². The smallest absolute Gasteiger partial charge is 0.336 e. The van der Waals surface area contributed by atoms with Gasteiger partial charge in [0.1, 0.15) is 5.82 Å². The van der Waals surface area contributed by atoms with Gasteiger partial charge in [-0.2, -0.15) is 0 Å². The lowest BCUT2D eigenvalue weighted by atomic mass is 10.0. The zero-order valence-corrected chi connectivity index (χ0v) is 11.3. The number of carboxylic acid groups (broad SMARTS) is 1. The number of carbonyl (C=O) groups is 1. The first-order valence-electron chi connectivity index (χ1n) is 6.46. The number of hydrogen-bond acceptors (Lipinski definition) is 2. The first kappa shape index (κ1) is 13.2. The Bertz CT molecular complexity index is 859. The van der Waals surface area contributed by atoms with E-state index in [0.717, 1.165) is 11.1 Å². The second-order valence-electron chi connectivity index (χ2n) is 4.84. The summed E-state index contributed by atoms with van der Waals surface area (Å²) in [5.74, 6) is -1.57. The van der Waals surface area contributed by atoms with Crippen molar-refractivity contribution in [1.29, 1.82) is 0 Å². The van der Waals surface area contributed by atoms with Gasteiger partial charge >= 0.3 is 5.97 Å². The Kier molecular flexibility index (Phi) is 3.14. The third-order valence-corrected chi connectivity index (χ3v) is 3.42. The van der Waals surface area contributed by atoms with Crippen molar-refractivity contribution in [3.63, 3.8) is 0 Å². The van der Waals surface area contributed by atoms with Crippen molar-refractivity contribution in [3.8, 4) is 11.3 Å². The zero-order valence-electron chi connectivity index (χ0n) is 11.3. The Labute approximate surface area is 120 Å². The Morgan fingerprint density at radius 3 is 2.62 bits per heavy atom. The number of aromatic carboxylic acids is 1. The van der Waals surface area contributed by atoms with Crippen molar-refractivity contribution in [2.45, 2.75) is 6.92 Å². The van der Waals surface area contributed by atoms with E-state index in [-0.39, 0.29) is 5.56 Å². The molecule has 3 nitrogen and oxygen atoms in total. The van der Waals surface area contributed by atoms with E-state index in [2.05, 4.69) is 4.98 Å². The van der Waals surface area contributed by atoms with Crippen LogP contribution in [0.15, 0.2) is 48.5 Å². The number of aryl methyl sites for hydroxylation is 1. The molecular formula is C17H12FNO2. The summed E-state index contributed by atoms with van der Waals surface area (Å²) in [7, 11) is 0. The number of nitrogens with zero attached hydrogens (tertiary/aromatic N) is 1. The molecule has 2 aromatic carbocycles. The molecule has 3 aromatic rings. The average Bonchev–Trinajstić information content (AvgIpc) is 2.46. The number of halogens is 1. The first-order chi connectivity index (χ1) is 10.1. The van der Waals surface area contributed by atoms with Gasteiger partial charge in [-0.05, 0) is 36.8 Å². The molecule has 0 aliphatic heterocycles. The molecule has 0 aliphatic rings. The highest BCUT2D eigenvalue weighted by molar-refractivity contribution is 6.03. The summed E-state index contributed by atoms with van der Waals surface area (Å²) in [6.07, 6.45) is 0. The highest BCUT2D eigenvalue weighted by Crippen LogP contribution is 2.27. The molecule has 1 heterocycles. The van der Waals surface area contributed by atoms with Gasteiger partial charge < -0.3 is 5.11 Å². The fourth-order valence-corrected chi connectivity index (χ4v) is 2.37. The molecule has 0 amide bonds. The summed E-state index contributed by atoms with van der Waals surface area (Å²) in [5.41, 5.74) is 2.96. The molecular weight excluding hydrogens is 269 g/mol. The van der Waals surface area contributed by atoms with Crippen LogP contribution in [0.5, 0.6) is 0 Å². The van der Waals surface area contributed by atoms with E-state index in [1.807, 2.05) is 31.2 Å². The van der Waals surface area contributed by atoms with Gasteiger partial charge in [0.05, 0.1) is 16.8 Å². The summed E-state index contributed by atoms with van der Waals surface area (Å²) in [4.78, 5) is 15.9. The first-order valence-corrected chi connectivity index (χ1v) is 6.46. The zero-order chi connectivity index (χ0) is 15.0. The molecule has 0 fully saturated rings. The third-order valence-electron chi connectivity index (χ3n) is 3.42. The molecule has 0 radical (unpaired) electrons. The van der Waals surface area contributed by atoms with Crippen molar-refractivity contribution >= 4 is 16.9 Å². The molecule has 0 spiro atoms. The van der Waals surface area contributed by atoms with Crippen molar-refractivity contribution in [1.82, 2.24) is 4.98 Å². The fraction of sp³-hybridized carbons (Fsp3) is 0.0588. The van der Waals surface area contributed by atoms with Crippen molar-refractivity contribution in [2.75, 3.05) is 0 Å². The normalized spacial score (nSPS) is 10.8. The number of pyridine rings is 1. The van der Waals surface area contributed by atoms with E-state index in [1.165, 1.54) is 24.3 Å². The van der Waals surface area contributed by atoms with Gasteiger partial charge in [-0.1, -0.05) is 24.3 Å². The van der Waals surface area contributed by atoms with Gasteiger partial charge in [0, 0.05) is 10.9 Å². The van der Waals surface area contributed by atoms with Crippen LogP contribution >= 0.6 is 0 Å². The maximum atomic E-state index is 13.3. The minimum Gasteiger partial charge on any atom is -0.478 e. The molecule has 0 saturated carbocycles. The van der Waals surface area contributed by atoms with Gasteiger partial charge in [-0.25, -0.2) is 14.2 Å². The second kappa shape index (κ2) is 4.98. The Hall–Kier alpha value is -2.75. The molecule has 0 atom stereocenters. The summed E-state index contributed by atoms with van der Waals surface area (Å²) in [6.45, 7) is 1.94. The van der Waals surface area contributed by atoms with E-state index in [9.17, 15) is 14.3 Å². The Morgan fingerprint density at radius 1 is 1.14 bits per heavy atom. The number of hydrogen-bond donors (Lipinski definition) is 1. The average molecular weight is 281 g/mol. The SMILES string of the molecule is Cc1ccccc1-c1cc(C(=O)O)c2cc(F)ccc2n1. The van der Waals surface area contributed by atoms with Crippen LogP contribution in [0.1, 0.15) is 15.9 Å². The number of rotatable bonds is 2. The van der Waals surface area contributed by atoms with Gasteiger partial charge in [-0.3, -0.25) is 0 Å². The van der Waals surface area contributed by atoms with Crippen LogP contribution in [-0.4, -0.2) is 16.1 Å². The van der Waals surface area contributed by atoms with E-state index in [0.29, 0.717) is 16.6 Å². The molecule has 1 N–H and O–H groups in total. The molecule has 0 aliphatic carbocycles. The van der Waals surface area contributed by atoms with E-state index in [4.69, 9.17) is 0 Å². The predicted octanol–water partition coefficient (Wildman–Crippen LogP) is 4.05. The van der Waals surface area contributed by atoms with Gasteiger partial charge in [0.25, 0.3) is 0 Å². The lowest BCUT2D eigenvalue weighted by molar-refractivity contribution is 0.0699. The topological polar surface area (TPSA) is 50.2 Å². The summed E-state index contributed by atoms with van der Waals surface area (Å²) in [6, 6.07) is 13.1. The third kappa shape index (κ3) is 2.36. The maximum Gasteiger partial charge on any atom is 0.336 e. The number of aromatic nitrogens is 1. The summed E-state index contributed by atoms with van der Waals surface area (Å²) in [5, 5.41) is 9.67. The lowest BCUT2D eigenvalue weighted by Crippen LogP contribution is -2.01. The molecule has 0 unspecified atom stereocenters. The maximum absolute atomic E-state index is 13.3. The highest BCUT2D eigenvalue weighted by atomic mass is 19.1. The Balaban J connectivity index is 2.34. The molecule has 1 aromatic heterocycles. The van der Waals surface area contributed by atoms with Crippen LogP contribution in [0, 0.1) is 12.7 Å². The number of fused-ring (bicyclic) bond motifs is 1. The monoisotopic (exact) mass is 281 g/mol. The quantitative estimate of drug-likeness (QED) is 0.771. The molecule has 104 valence electrons. The fourth-order valence-electron chi connectivity index (χ4n) is 2.37. The number of carboxylic acids is 1. The molecule has 21 heavy (non-hydrogen) atoms. The van der Waals surface area contributed by atoms with Crippen LogP contribution in [0.4, 0.5) is 4.39 Å². The largest absolute Gasteiger partial charge is 0.478 e. The van der Waals surface area contributed by atoms with Crippen LogP contribution < -0.4 is 0 Å². The summed E-state index contributed by atoms with van der Waals surface area (Å²) >= 11 is 0. The molecule has 0 bridgehead atoms. The minimum absolute atomic E-state index is 0.0535. The Morgan fingerprint density at radius 2 is 1.90 bits per heavy atom. The van der Waals surface area contributed by atoms with Crippen molar-refractivity contribution in [2.24, 2.45) is 0 Å². The van der Waals surface area contributed by atoms with Crippen LogP contribution in [0.2, 0.25) is 0 Å². The minimum atomic E-state index is -1.09. The van der Waals surface area contributed by atoms with E-state index >= 15 is 0 Å². The molecule has 4 heteroatoms.